The average molecular weight is 205 g/mol. The molecule has 2 nitrogen and oxygen atoms in total. The lowest BCUT2D eigenvalue weighted by Gasteiger charge is -2.00. The van der Waals surface area contributed by atoms with Crippen molar-refractivity contribution >= 4 is 0 Å². The summed E-state index contributed by atoms with van der Waals surface area (Å²) in [6, 6.07) is 2.37. The first-order valence-corrected chi connectivity index (χ1v) is 4.39. The number of rotatable bonds is 2. The van der Waals surface area contributed by atoms with Crippen molar-refractivity contribution in [1.29, 1.82) is 0 Å². The van der Waals surface area contributed by atoms with E-state index in [0.717, 1.165) is 12.5 Å². The van der Waals surface area contributed by atoms with E-state index in [1.54, 1.807) is 0 Å². The van der Waals surface area contributed by atoms with E-state index < -0.39 is 11.9 Å². The third-order valence-electron chi connectivity index (χ3n) is 2.50. The van der Waals surface area contributed by atoms with Crippen LogP contribution in [0.5, 0.6) is 0 Å². The zero-order valence-corrected chi connectivity index (χ0v) is 7.34. The van der Waals surface area contributed by atoms with E-state index in [1.165, 1.54) is 6.07 Å². The molecule has 1 aliphatic rings. The van der Waals surface area contributed by atoms with Gasteiger partial charge in [-0.3, -0.25) is 0 Å². The van der Waals surface area contributed by atoms with Crippen LogP contribution in [0.4, 0.5) is 13.2 Å². The molecule has 1 saturated carbocycles. The van der Waals surface area contributed by atoms with Crippen molar-refractivity contribution in [3.05, 3.63) is 23.7 Å². The molecule has 5 heteroatoms. The molecule has 0 aliphatic heterocycles. The highest BCUT2D eigenvalue weighted by Crippen LogP contribution is 2.48. The molecule has 1 heterocycles. The van der Waals surface area contributed by atoms with E-state index in [2.05, 4.69) is 0 Å². The van der Waals surface area contributed by atoms with E-state index >= 15 is 0 Å². The molecule has 1 aromatic heterocycles. The van der Waals surface area contributed by atoms with Crippen LogP contribution >= 0.6 is 0 Å². The molecule has 14 heavy (non-hydrogen) atoms. The molecule has 2 atom stereocenters. The molecule has 78 valence electrons. The number of alkyl halides is 3. The van der Waals surface area contributed by atoms with Gasteiger partial charge in [0, 0.05) is 5.92 Å². The maximum atomic E-state index is 12.1. The molecule has 0 saturated heterocycles. The molecule has 2 unspecified atom stereocenters. The van der Waals surface area contributed by atoms with Crippen LogP contribution in [0.25, 0.3) is 0 Å². The normalized spacial score (nSPS) is 26.6. The van der Waals surface area contributed by atoms with Crippen LogP contribution in [0, 0.1) is 5.92 Å². The number of furan rings is 1. The summed E-state index contributed by atoms with van der Waals surface area (Å²) in [7, 11) is 0. The highest BCUT2D eigenvalue weighted by molar-refractivity contribution is 5.19. The summed E-state index contributed by atoms with van der Waals surface area (Å²) in [6.45, 7) is 0.507. The van der Waals surface area contributed by atoms with Gasteiger partial charge in [-0.1, -0.05) is 0 Å². The monoisotopic (exact) mass is 205 g/mol. The maximum Gasteiger partial charge on any atom is 0.449 e. The lowest BCUT2D eigenvalue weighted by Crippen LogP contribution is -2.03. The van der Waals surface area contributed by atoms with Crippen molar-refractivity contribution in [2.24, 2.45) is 11.7 Å². The summed E-state index contributed by atoms with van der Waals surface area (Å²) < 4.78 is 41.2. The molecule has 2 rings (SSSR count). The molecule has 0 bridgehead atoms. The van der Waals surface area contributed by atoms with Gasteiger partial charge in [0.15, 0.2) is 0 Å². The van der Waals surface area contributed by atoms with Crippen molar-refractivity contribution in [3.63, 3.8) is 0 Å². The third-order valence-corrected chi connectivity index (χ3v) is 2.50. The molecule has 1 fully saturated rings. The average Bonchev–Trinajstić information content (AvgIpc) is 2.71. The fourth-order valence-corrected chi connectivity index (χ4v) is 1.56. The maximum absolute atomic E-state index is 12.1. The molecular formula is C9H10F3NO. The molecule has 1 aromatic rings. The second kappa shape index (κ2) is 3.02. The minimum Gasteiger partial charge on any atom is -0.456 e. The van der Waals surface area contributed by atoms with Crippen molar-refractivity contribution < 1.29 is 17.6 Å². The smallest absolute Gasteiger partial charge is 0.449 e. The molecule has 0 spiro atoms. The van der Waals surface area contributed by atoms with Crippen LogP contribution in [-0.2, 0) is 6.18 Å². The summed E-state index contributed by atoms with van der Waals surface area (Å²) in [5.41, 5.74) is 5.39. The standard InChI is InChI=1S/C9H10F3NO/c10-9(11,12)8-2-1-7(14-8)6-3-5(6)4-13/h1-2,5-6H,3-4,13H2. The Kier molecular flexibility index (Phi) is 2.06. The van der Waals surface area contributed by atoms with Gasteiger partial charge in [-0.25, -0.2) is 0 Å². The molecule has 0 amide bonds. The van der Waals surface area contributed by atoms with Crippen LogP contribution in [0.15, 0.2) is 16.5 Å². The van der Waals surface area contributed by atoms with Crippen molar-refractivity contribution in [3.8, 4) is 0 Å². The van der Waals surface area contributed by atoms with E-state index in [1.807, 2.05) is 0 Å². The fraction of sp³-hybridized carbons (Fsp3) is 0.556. The Balaban J connectivity index is 2.12. The van der Waals surface area contributed by atoms with Crippen molar-refractivity contribution in [2.45, 2.75) is 18.5 Å². The largest absolute Gasteiger partial charge is 0.456 e. The van der Waals surface area contributed by atoms with Gasteiger partial charge in [0.2, 0.25) is 5.76 Å². The van der Waals surface area contributed by atoms with Gasteiger partial charge < -0.3 is 10.2 Å². The topological polar surface area (TPSA) is 39.2 Å². The fourth-order valence-electron chi connectivity index (χ4n) is 1.56. The van der Waals surface area contributed by atoms with E-state index in [0.29, 0.717) is 18.2 Å². The van der Waals surface area contributed by atoms with Gasteiger partial charge in [-0.05, 0) is 31.0 Å². The number of halogens is 3. The van der Waals surface area contributed by atoms with Gasteiger partial charge in [0.1, 0.15) is 5.76 Å². The zero-order chi connectivity index (χ0) is 10.3. The Bertz CT molecular complexity index is 331. The van der Waals surface area contributed by atoms with Gasteiger partial charge in [0.25, 0.3) is 0 Å². The molecule has 0 radical (unpaired) electrons. The summed E-state index contributed by atoms with van der Waals surface area (Å²) in [6.07, 6.45) is -3.55. The zero-order valence-electron chi connectivity index (χ0n) is 7.34. The van der Waals surface area contributed by atoms with Crippen LogP contribution in [0.2, 0.25) is 0 Å². The third kappa shape index (κ3) is 1.64. The van der Waals surface area contributed by atoms with E-state index in [9.17, 15) is 13.2 Å². The molecule has 2 N–H and O–H groups in total. The molecular weight excluding hydrogens is 195 g/mol. The SMILES string of the molecule is NCC1CC1c1ccc(C(F)(F)F)o1. The Morgan fingerprint density at radius 1 is 1.43 bits per heavy atom. The van der Waals surface area contributed by atoms with E-state index in [4.69, 9.17) is 10.2 Å². The second-order valence-corrected chi connectivity index (χ2v) is 3.54. The van der Waals surface area contributed by atoms with Gasteiger partial charge in [-0.15, -0.1) is 0 Å². The summed E-state index contributed by atoms with van der Waals surface area (Å²) in [5.74, 6) is -0.124. The predicted molar refractivity (Wildman–Crippen MR) is 43.6 cm³/mol. The Morgan fingerprint density at radius 2 is 2.14 bits per heavy atom. The predicted octanol–water partition coefficient (Wildman–Crippen LogP) is 2.36. The minimum absolute atomic E-state index is 0.0936. The van der Waals surface area contributed by atoms with Gasteiger partial charge in [0.05, 0.1) is 0 Å². The Labute approximate surface area is 78.9 Å². The lowest BCUT2D eigenvalue weighted by molar-refractivity contribution is -0.153. The number of hydrogen-bond acceptors (Lipinski definition) is 2. The summed E-state index contributed by atoms with van der Waals surface area (Å²) in [4.78, 5) is 0. The quantitative estimate of drug-likeness (QED) is 0.804. The van der Waals surface area contributed by atoms with Gasteiger partial charge in [-0.2, -0.15) is 13.2 Å². The first-order valence-electron chi connectivity index (χ1n) is 4.39. The number of nitrogens with two attached hydrogens (primary N) is 1. The van der Waals surface area contributed by atoms with Crippen LogP contribution < -0.4 is 5.73 Å². The first kappa shape index (κ1) is 9.58. The summed E-state index contributed by atoms with van der Waals surface area (Å²) >= 11 is 0. The first-order chi connectivity index (χ1) is 6.52. The van der Waals surface area contributed by atoms with Crippen molar-refractivity contribution in [1.82, 2.24) is 0 Å². The molecule has 0 aromatic carbocycles. The highest BCUT2D eigenvalue weighted by Gasteiger charge is 2.42. The van der Waals surface area contributed by atoms with Crippen LogP contribution in [0.1, 0.15) is 23.9 Å². The Morgan fingerprint density at radius 3 is 2.57 bits per heavy atom. The summed E-state index contributed by atoms with van der Waals surface area (Å²) in [5, 5.41) is 0. The van der Waals surface area contributed by atoms with Crippen LogP contribution in [-0.4, -0.2) is 6.54 Å². The van der Waals surface area contributed by atoms with Crippen LogP contribution in [0.3, 0.4) is 0 Å². The lowest BCUT2D eigenvalue weighted by atomic mass is 10.2. The highest BCUT2D eigenvalue weighted by atomic mass is 19.4. The van der Waals surface area contributed by atoms with Gasteiger partial charge >= 0.3 is 6.18 Å². The number of hydrogen-bond donors (Lipinski definition) is 1. The second-order valence-electron chi connectivity index (χ2n) is 3.54. The Hall–Kier alpha value is -0.970. The molecule has 1 aliphatic carbocycles. The van der Waals surface area contributed by atoms with Crippen molar-refractivity contribution in [2.75, 3.05) is 6.54 Å². The minimum atomic E-state index is -4.38. The van der Waals surface area contributed by atoms with E-state index in [-0.39, 0.29) is 5.92 Å².